The minimum atomic E-state index is -3.57. The van der Waals surface area contributed by atoms with E-state index in [0.717, 1.165) is 11.8 Å². The molecule has 1 amide bonds. The Morgan fingerprint density at radius 3 is 2.59 bits per heavy atom. The monoisotopic (exact) mass is 427 g/mol. The molecule has 0 saturated heterocycles. The lowest BCUT2D eigenvalue weighted by atomic mass is 9.94. The molecule has 0 aliphatic carbocycles. The Kier molecular flexibility index (Phi) is 5.47. The van der Waals surface area contributed by atoms with Crippen molar-refractivity contribution in [2.75, 3.05) is 13.3 Å². The third kappa shape index (κ3) is 4.10. The minimum Gasteiger partial charge on any atom is -0.336 e. The second kappa shape index (κ2) is 7.37. The Hall–Kier alpha value is -1.70. The van der Waals surface area contributed by atoms with E-state index in [-0.39, 0.29) is 23.5 Å². The zero-order chi connectivity index (χ0) is 19.9. The molecule has 0 spiro atoms. The lowest BCUT2D eigenvalue weighted by Crippen LogP contribution is -2.19. The largest absolute Gasteiger partial charge is 0.336 e. The fraction of sp³-hybridized carbons (Fsp3) is 0.389. The van der Waals surface area contributed by atoms with E-state index in [1.165, 1.54) is 4.90 Å². The van der Waals surface area contributed by atoms with Gasteiger partial charge in [-0.05, 0) is 36.5 Å². The first-order valence-corrected chi connectivity index (χ1v) is 11.0. The molecule has 9 heteroatoms. The second-order valence-electron chi connectivity index (χ2n) is 6.81. The fourth-order valence-electron chi connectivity index (χ4n) is 3.14. The lowest BCUT2D eigenvalue weighted by Gasteiger charge is -2.15. The number of amides is 1. The van der Waals surface area contributed by atoms with Gasteiger partial charge < -0.3 is 4.90 Å². The highest BCUT2D eigenvalue weighted by Crippen LogP contribution is 2.31. The molecule has 1 aliphatic rings. The van der Waals surface area contributed by atoms with Crippen molar-refractivity contribution in [3.8, 4) is 0 Å². The molecule has 0 fully saturated rings. The Bertz CT molecular complexity index is 1020. The van der Waals surface area contributed by atoms with Crippen molar-refractivity contribution in [3.05, 3.63) is 50.8 Å². The molecule has 144 valence electrons. The molecule has 1 atom stereocenters. The van der Waals surface area contributed by atoms with Crippen LogP contribution in [0, 0.1) is 0 Å². The molecule has 1 aromatic carbocycles. The van der Waals surface area contributed by atoms with Crippen LogP contribution in [0.2, 0.25) is 10.0 Å². The van der Waals surface area contributed by atoms with Crippen LogP contribution in [-0.2, 0) is 22.8 Å². The molecule has 27 heavy (non-hydrogen) atoms. The lowest BCUT2D eigenvalue weighted by molar-refractivity contribution is 0.0815. The van der Waals surface area contributed by atoms with Crippen molar-refractivity contribution >= 4 is 38.9 Å². The summed E-state index contributed by atoms with van der Waals surface area (Å²) >= 11 is 12.2. The summed E-state index contributed by atoms with van der Waals surface area (Å²) in [5, 5.41) is 0.906. The number of fused-ring (bicyclic) bond motifs is 1. The number of sulfone groups is 1. The fourth-order valence-corrected chi connectivity index (χ4v) is 4.29. The maximum absolute atomic E-state index is 12.4. The van der Waals surface area contributed by atoms with Crippen molar-refractivity contribution in [2.45, 2.75) is 37.4 Å². The predicted molar refractivity (Wildman–Crippen MR) is 104 cm³/mol. The van der Waals surface area contributed by atoms with Gasteiger partial charge >= 0.3 is 0 Å². The van der Waals surface area contributed by atoms with E-state index in [0.29, 0.717) is 39.8 Å². The third-order valence-corrected chi connectivity index (χ3v) is 6.03. The van der Waals surface area contributed by atoms with Crippen LogP contribution in [0.15, 0.2) is 23.4 Å². The molecule has 1 aromatic heterocycles. The van der Waals surface area contributed by atoms with E-state index in [4.69, 9.17) is 23.2 Å². The Labute approximate surface area is 168 Å². The van der Waals surface area contributed by atoms with E-state index in [1.807, 2.05) is 13.0 Å². The van der Waals surface area contributed by atoms with Gasteiger partial charge in [-0.1, -0.05) is 36.2 Å². The van der Waals surface area contributed by atoms with Gasteiger partial charge in [-0.25, -0.2) is 18.4 Å². The van der Waals surface area contributed by atoms with Crippen LogP contribution >= 0.6 is 23.2 Å². The van der Waals surface area contributed by atoms with Crippen LogP contribution in [0.5, 0.6) is 0 Å². The van der Waals surface area contributed by atoms with Gasteiger partial charge in [0.15, 0.2) is 0 Å². The molecule has 2 heterocycles. The maximum atomic E-state index is 12.4. The van der Waals surface area contributed by atoms with E-state index in [1.54, 1.807) is 19.2 Å². The Morgan fingerprint density at radius 2 is 1.96 bits per heavy atom. The number of hydrogen-bond acceptors (Lipinski definition) is 5. The minimum absolute atomic E-state index is 0.0799. The smallest absolute Gasteiger partial charge is 0.257 e. The Balaban J connectivity index is 1.92. The standard InChI is InChI=1S/C18H19Cl2N3O3S/c1-10(12-6-5-11(19)8-13(12)20)4-7-14-16-15(9-23(2)17(16)24)22-18(21-14)27(3,25)26/h5-6,8,10H,4,7,9H2,1-3H3/t10-/m0/s1. The molecule has 2 aromatic rings. The number of halogens is 2. The molecular weight excluding hydrogens is 409 g/mol. The normalized spacial score (nSPS) is 15.1. The van der Waals surface area contributed by atoms with E-state index >= 15 is 0 Å². The summed E-state index contributed by atoms with van der Waals surface area (Å²) in [6, 6.07) is 5.35. The summed E-state index contributed by atoms with van der Waals surface area (Å²) in [6.45, 7) is 2.30. The van der Waals surface area contributed by atoms with E-state index < -0.39 is 9.84 Å². The maximum Gasteiger partial charge on any atom is 0.257 e. The first-order chi connectivity index (χ1) is 12.6. The first kappa shape index (κ1) is 20.0. The number of aromatic nitrogens is 2. The highest BCUT2D eigenvalue weighted by molar-refractivity contribution is 7.90. The van der Waals surface area contributed by atoms with Crippen molar-refractivity contribution in [3.63, 3.8) is 0 Å². The summed E-state index contributed by atoms with van der Waals surface area (Å²) in [7, 11) is -1.92. The predicted octanol–water partition coefficient (Wildman–Crippen LogP) is 3.51. The summed E-state index contributed by atoms with van der Waals surface area (Å²) < 4.78 is 23.9. The second-order valence-corrected chi connectivity index (χ2v) is 9.57. The van der Waals surface area contributed by atoms with Crippen molar-refractivity contribution in [1.82, 2.24) is 14.9 Å². The number of benzene rings is 1. The van der Waals surface area contributed by atoms with Gasteiger partial charge in [0, 0.05) is 23.3 Å². The molecule has 1 aliphatic heterocycles. The average molecular weight is 428 g/mol. The molecule has 0 radical (unpaired) electrons. The van der Waals surface area contributed by atoms with Crippen LogP contribution in [0.4, 0.5) is 0 Å². The van der Waals surface area contributed by atoms with Gasteiger partial charge in [-0.3, -0.25) is 4.79 Å². The number of hydrogen-bond donors (Lipinski definition) is 0. The SMILES string of the molecule is C[C@@H](CCc1nc(S(C)(=O)=O)nc2c1C(=O)N(C)C2)c1ccc(Cl)cc1Cl. The number of carbonyl (C=O) groups is 1. The van der Waals surface area contributed by atoms with Crippen molar-refractivity contribution in [2.24, 2.45) is 0 Å². The molecule has 0 bridgehead atoms. The Morgan fingerprint density at radius 1 is 1.26 bits per heavy atom. The number of aryl methyl sites for hydroxylation is 1. The molecule has 0 saturated carbocycles. The van der Waals surface area contributed by atoms with Gasteiger partial charge in [0.25, 0.3) is 5.91 Å². The zero-order valence-corrected chi connectivity index (χ0v) is 17.5. The van der Waals surface area contributed by atoms with Gasteiger partial charge in [-0.2, -0.15) is 0 Å². The van der Waals surface area contributed by atoms with Crippen LogP contribution in [-0.4, -0.2) is 42.5 Å². The van der Waals surface area contributed by atoms with Gasteiger partial charge in [0.05, 0.1) is 23.5 Å². The van der Waals surface area contributed by atoms with Crippen LogP contribution in [0.3, 0.4) is 0 Å². The van der Waals surface area contributed by atoms with Gasteiger partial charge in [0.1, 0.15) is 0 Å². The first-order valence-electron chi connectivity index (χ1n) is 8.38. The van der Waals surface area contributed by atoms with Crippen LogP contribution in [0.25, 0.3) is 0 Å². The topological polar surface area (TPSA) is 80.2 Å². The molecule has 6 nitrogen and oxygen atoms in total. The highest BCUT2D eigenvalue weighted by atomic mass is 35.5. The summed E-state index contributed by atoms with van der Waals surface area (Å²) in [4.78, 5) is 22.3. The number of nitrogens with zero attached hydrogens (tertiary/aromatic N) is 3. The van der Waals surface area contributed by atoms with Crippen LogP contribution < -0.4 is 0 Å². The zero-order valence-electron chi connectivity index (χ0n) is 15.2. The summed E-state index contributed by atoms with van der Waals surface area (Å²) in [5.41, 5.74) is 2.29. The van der Waals surface area contributed by atoms with E-state index in [2.05, 4.69) is 9.97 Å². The van der Waals surface area contributed by atoms with Gasteiger partial charge in [0.2, 0.25) is 15.0 Å². The molecule has 3 rings (SSSR count). The molecular formula is C18H19Cl2N3O3S. The van der Waals surface area contributed by atoms with Crippen molar-refractivity contribution in [1.29, 1.82) is 0 Å². The molecule has 0 N–H and O–H groups in total. The van der Waals surface area contributed by atoms with Crippen molar-refractivity contribution < 1.29 is 13.2 Å². The number of rotatable bonds is 5. The van der Waals surface area contributed by atoms with Gasteiger partial charge in [-0.15, -0.1) is 0 Å². The molecule has 0 unspecified atom stereocenters. The average Bonchev–Trinajstić information content (AvgIpc) is 2.86. The van der Waals surface area contributed by atoms with Crippen LogP contribution in [0.1, 0.15) is 46.6 Å². The summed E-state index contributed by atoms with van der Waals surface area (Å²) in [6.07, 6.45) is 2.15. The summed E-state index contributed by atoms with van der Waals surface area (Å²) in [5.74, 6) is -0.103. The number of carbonyl (C=O) groups excluding carboxylic acids is 1. The highest BCUT2D eigenvalue weighted by Gasteiger charge is 2.32. The van der Waals surface area contributed by atoms with E-state index in [9.17, 15) is 13.2 Å². The third-order valence-electron chi connectivity index (χ3n) is 4.63. The quantitative estimate of drug-likeness (QED) is 0.681.